The van der Waals surface area contributed by atoms with E-state index in [-0.39, 0.29) is 32.2 Å². The van der Waals surface area contributed by atoms with E-state index in [0.717, 1.165) is 51.4 Å². The molecule has 9 nitrogen and oxygen atoms in total. The van der Waals surface area contributed by atoms with Crippen LogP contribution in [0.2, 0.25) is 0 Å². The van der Waals surface area contributed by atoms with Gasteiger partial charge in [-0.1, -0.05) is 231 Å². The van der Waals surface area contributed by atoms with Crippen LogP contribution in [0.3, 0.4) is 0 Å². The Morgan fingerprint density at radius 3 is 1.14 bits per heavy atom. The normalized spacial score (nSPS) is 12.8. The van der Waals surface area contributed by atoms with Gasteiger partial charge in [0.1, 0.15) is 13.2 Å². The van der Waals surface area contributed by atoms with Crippen LogP contribution in [-0.4, -0.2) is 82.3 Å². The summed E-state index contributed by atoms with van der Waals surface area (Å²) in [6.45, 7) is 4.78. The molecule has 0 spiro atoms. The number of quaternary nitrogens is 1. The van der Waals surface area contributed by atoms with Crippen molar-refractivity contribution in [2.24, 2.45) is 0 Å². The highest BCUT2D eigenvalue weighted by atomic mass is 16.7. The molecule has 0 rings (SSSR count). The van der Waals surface area contributed by atoms with Crippen LogP contribution < -0.4 is 5.11 Å². The molecule has 2 unspecified atom stereocenters. The highest BCUT2D eigenvalue weighted by molar-refractivity contribution is 5.70. The zero-order valence-electron chi connectivity index (χ0n) is 43.6. The van der Waals surface area contributed by atoms with Crippen LogP contribution in [0.4, 0.5) is 0 Å². The number of aliphatic carboxylic acids is 1. The van der Waals surface area contributed by atoms with Gasteiger partial charge in [0, 0.05) is 12.8 Å². The molecule has 0 aliphatic heterocycles. The number of carbonyl (C=O) groups excluding carboxylic acids is 3. The number of nitrogens with zero attached hydrogens (tertiary/aromatic N) is 1. The maximum absolute atomic E-state index is 12.8. The topological polar surface area (TPSA) is 111 Å². The summed E-state index contributed by atoms with van der Waals surface area (Å²) in [6.07, 6.45) is 51.1. The molecule has 0 aromatic carbocycles. The minimum absolute atomic E-state index is 0.150. The lowest BCUT2D eigenvalue weighted by Gasteiger charge is -2.26. The van der Waals surface area contributed by atoms with Crippen molar-refractivity contribution in [1.82, 2.24) is 0 Å². The van der Waals surface area contributed by atoms with E-state index < -0.39 is 24.3 Å². The van der Waals surface area contributed by atoms with Gasteiger partial charge in [0.15, 0.2) is 12.4 Å². The maximum Gasteiger partial charge on any atom is 0.306 e. The van der Waals surface area contributed by atoms with E-state index in [1.54, 1.807) is 0 Å². The lowest BCUT2D eigenvalue weighted by Crippen LogP contribution is -2.44. The van der Waals surface area contributed by atoms with Gasteiger partial charge in [-0.2, -0.15) is 0 Å². The molecule has 0 aromatic heterocycles. The molecular formula is C56H107NO8. The van der Waals surface area contributed by atoms with Gasteiger partial charge < -0.3 is 33.3 Å². The Morgan fingerprint density at radius 2 is 0.785 bits per heavy atom. The van der Waals surface area contributed by atoms with Gasteiger partial charge in [-0.15, -0.1) is 0 Å². The SMILES string of the molecule is CCCCCCCCC/C=C\CCCCCCCC(=O)OC(COC(=O)CCCCCCCCCCCCCCCCCCCCCCCCCC)COC(OCC[N+](C)(C)C)C(=O)[O-]. The quantitative estimate of drug-likeness (QED) is 0.0195. The van der Waals surface area contributed by atoms with E-state index in [1.807, 2.05) is 21.1 Å². The molecule has 0 bridgehead atoms. The molecule has 0 aromatic rings. The first-order valence-corrected chi connectivity index (χ1v) is 27.8. The summed E-state index contributed by atoms with van der Waals surface area (Å²) < 4.78 is 22.7. The molecule has 65 heavy (non-hydrogen) atoms. The molecule has 0 saturated heterocycles. The second-order valence-corrected chi connectivity index (χ2v) is 20.2. The van der Waals surface area contributed by atoms with Crippen LogP contribution in [0.1, 0.15) is 271 Å². The van der Waals surface area contributed by atoms with Crippen molar-refractivity contribution in [3.05, 3.63) is 12.2 Å². The van der Waals surface area contributed by atoms with Gasteiger partial charge in [-0.25, -0.2) is 0 Å². The zero-order valence-corrected chi connectivity index (χ0v) is 43.6. The Balaban J connectivity index is 4.20. The minimum Gasteiger partial charge on any atom is -0.545 e. The van der Waals surface area contributed by atoms with Crippen LogP contribution >= 0.6 is 0 Å². The highest BCUT2D eigenvalue weighted by Crippen LogP contribution is 2.17. The fourth-order valence-corrected chi connectivity index (χ4v) is 8.18. The van der Waals surface area contributed by atoms with Crippen LogP contribution in [-0.2, 0) is 33.3 Å². The van der Waals surface area contributed by atoms with E-state index in [4.69, 9.17) is 18.9 Å². The van der Waals surface area contributed by atoms with Gasteiger partial charge >= 0.3 is 11.9 Å². The third-order valence-corrected chi connectivity index (χ3v) is 12.5. The Labute approximate surface area is 402 Å². The van der Waals surface area contributed by atoms with E-state index in [1.165, 1.54) is 186 Å². The summed E-state index contributed by atoms with van der Waals surface area (Å²) in [4.78, 5) is 37.2. The van der Waals surface area contributed by atoms with Crippen molar-refractivity contribution < 1.29 is 42.9 Å². The summed E-state index contributed by atoms with van der Waals surface area (Å²) in [5, 5.41) is 11.7. The number of unbranched alkanes of at least 4 members (excludes halogenated alkanes) is 35. The average Bonchev–Trinajstić information content (AvgIpc) is 3.27. The Bertz CT molecular complexity index is 1070. The zero-order chi connectivity index (χ0) is 47.7. The van der Waals surface area contributed by atoms with Gasteiger partial charge in [0.2, 0.25) is 0 Å². The Hall–Kier alpha value is -1.97. The summed E-state index contributed by atoms with van der Waals surface area (Å²) in [5.41, 5.74) is 0. The Morgan fingerprint density at radius 1 is 0.446 bits per heavy atom. The number of rotatable bonds is 52. The fraction of sp³-hybridized carbons (Fsp3) is 0.911. The average molecular weight is 922 g/mol. The van der Waals surface area contributed by atoms with Gasteiger partial charge in [0.05, 0.1) is 40.3 Å². The first-order chi connectivity index (χ1) is 31.6. The summed E-state index contributed by atoms with van der Waals surface area (Å²) in [7, 11) is 5.92. The monoisotopic (exact) mass is 922 g/mol. The third kappa shape index (κ3) is 49.8. The van der Waals surface area contributed by atoms with Crippen LogP contribution in [0.25, 0.3) is 0 Å². The molecular weight excluding hydrogens is 815 g/mol. The summed E-state index contributed by atoms with van der Waals surface area (Å²) in [5.74, 6) is -2.27. The molecule has 384 valence electrons. The standard InChI is InChI=1S/C56H107NO8/c1-6-8-10-12-14-16-18-20-22-24-25-26-27-28-29-30-31-33-34-36-38-40-42-44-46-53(58)63-50-52(51-64-56(55(60)61)62-49-48-57(3,4)5)65-54(59)47-45-43-41-39-37-35-32-23-21-19-17-15-13-11-9-7-2/h23,32,52,56H,6-22,24-31,33-51H2,1-5H3/b32-23-. The van der Waals surface area contributed by atoms with Gasteiger partial charge in [-0.3, -0.25) is 9.59 Å². The number of hydrogen-bond donors (Lipinski definition) is 0. The van der Waals surface area contributed by atoms with Crippen molar-refractivity contribution in [3.63, 3.8) is 0 Å². The van der Waals surface area contributed by atoms with E-state index in [0.29, 0.717) is 23.9 Å². The summed E-state index contributed by atoms with van der Waals surface area (Å²) in [6, 6.07) is 0. The molecule has 9 heteroatoms. The van der Waals surface area contributed by atoms with Crippen molar-refractivity contribution >= 4 is 17.9 Å². The smallest absolute Gasteiger partial charge is 0.306 e. The lowest BCUT2D eigenvalue weighted by atomic mass is 10.0. The first kappa shape index (κ1) is 63.0. The third-order valence-electron chi connectivity index (χ3n) is 12.5. The number of carboxylic acids is 1. The molecule has 0 fully saturated rings. The number of carbonyl (C=O) groups is 3. The maximum atomic E-state index is 12.8. The van der Waals surface area contributed by atoms with Crippen molar-refractivity contribution in [3.8, 4) is 0 Å². The number of likely N-dealkylation sites (N-methyl/N-ethyl adjacent to an activating group) is 1. The van der Waals surface area contributed by atoms with Crippen LogP contribution in [0.15, 0.2) is 12.2 Å². The molecule has 0 heterocycles. The number of ether oxygens (including phenoxy) is 4. The van der Waals surface area contributed by atoms with Gasteiger partial charge in [0.25, 0.3) is 0 Å². The lowest BCUT2D eigenvalue weighted by molar-refractivity contribution is -0.870. The fourth-order valence-electron chi connectivity index (χ4n) is 8.18. The number of allylic oxidation sites excluding steroid dienone is 2. The Kier molecular flexibility index (Phi) is 47.0. The minimum atomic E-state index is -1.62. The predicted octanol–water partition coefficient (Wildman–Crippen LogP) is 14.5. The highest BCUT2D eigenvalue weighted by Gasteiger charge is 2.22. The molecule has 0 amide bonds. The number of carboxylic acid groups (broad SMARTS) is 1. The molecule has 2 atom stereocenters. The largest absolute Gasteiger partial charge is 0.545 e. The molecule has 0 aliphatic carbocycles. The van der Waals surface area contributed by atoms with Crippen LogP contribution in [0.5, 0.6) is 0 Å². The first-order valence-electron chi connectivity index (χ1n) is 27.8. The van der Waals surface area contributed by atoms with Gasteiger partial charge in [-0.05, 0) is 38.5 Å². The van der Waals surface area contributed by atoms with Crippen molar-refractivity contribution in [2.75, 3.05) is 47.5 Å². The van der Waals surface area contributed by atoms with E-state index >= 15 is 0 Å². The summed E-state index contributed by atoms with van der Waals surface area (Å²) >= 11 is 0. The molecule has 0 saturated carbocycles. The molecule has 0 aliphatic rings. The number of esters is 2. The van der Waals surface area contributed by atoms with E-state index in [9.17, 15) is 19.5 Å². The van der Waals surface area contributed by atoms with Crippen molar-refractivity contribution in [2.45, 2.75) is 283 Å². The molecule has 0 radical (unpaired) electrons. The number of hydrogen-bond acceptors (Lipinski definition) is 8. The predicted molar refractivity (Wildman–Crippen MR) is 270 cm³/mol. The van der Waals surface area contributed by atoms with Crippen LogP contribution in [0, 0.1) is 0 Å². The second-order valence-electron chi connectivity index (χ2n) is 20.2. The second kappa shape index (κ2) is 48.5. The van der Waals surface area contributed by atoms with Crippen molar-refractivity contribution in [1.29, 1.82) is 0 Å². The van der Waals surface area contributed by atoms with E-state index in [2.05, 4.69) is 26.0 Å². The molecule has 0 N–H and O–H groups in total.